The average Bonchev–Trinajstić information content (AvgIpc) is 2.73. The number of alkyl halides is 3. The minimum absolute atomic E-state index is 0.138. The Labute approximate surface area is 178 Å². The number of phenolic OH excluding ortho intramolecular Hbond substituents is 1. The molecule has 1 fully saturated rings. The van der Waals surface area contributed by atoms with Crippen molar-refractivity contribution in [3.05, 3.63) is 65.2 Å². The van der Waals surface area contributed by atoms with Gasteiger partial charge in [-0.3, -0.25) is 9.59 Å². The molecule has 1 aliphatic rings. The summed E-state index contributed by atoms with van der Waals surface area (Å²) >= 11 is 0. The van der Waals surface area contributed by atoms with Gasteiger partial charge in [0, 0.05) is 20.0 Å². The molecule has 0 aliphatic carbocycles. The summed E-state index contributed by atoms with van der Waals surface area (Å²) in [6, 6.07) is 10.9. The fraction of sp³-hybridized carbons (Fsp3) is 0.391. The van der Waals surface area contributed by atoms with Crippen molar-refractivity contribution in [1.29, 1.82) is 0 Å². The van der Waals surface area contributed by atoms with Gasteiger partial charge in [-0.05, 0) is 54.7 Å². The molecule has 0 saturated carbocycles. The van der Waals surface area contributed by atoms with E-state index in [9.17, 15) is 27.9 Å². The third-order valence-electron chi connectivity index (χ3n) is 5.66. The second-order valence-corrected chi connectivity index (χ2v) is 7.78. The van der Waals surface area contributed by atoms with Gasteiger partial charge < -0.3 is 15.3 Å². The number of piperidine rings is 1. The number of nitrogens with zero attached hydrogens (tertiary/aromatic N) is 1. The molecule has 1 aliphatic heterocycles. The molecular formula is C23H25F3N2O3. The van der Waals surface area contributed by atoms with E-state index < -0.39 is 23.7 Å². The molecule has 8 heteroatoms. The molecule has 166 valence electrons. The largest absolute Gasteiger partial charge is 0.508 e. The first-order chi connectivity index (χ1) is 14.7. The number of nitrogens with one attached hydrogen (secondary N) is 1. The molecule has 0 radical (unpaired) electrons. The first-order valence-electron chi connectivity index (χ1n) is 10.2. The standard InChI is InChI=1S/C23H25F3N2O3/c1-28-20(30)13-12-19(21(28)16-6-8-17(9-7-16)23(24,25)26)22(31)27-14-2-3-15-4-10-18(29)11-5-15/h4-11,19,21,29H,2-3,12-14H2,1H3,(H,27,31). The van der Waals surface area contributed by atoms with Crippen molar-refractivity contribution in [1.82, 2.24) is 10.2 Å². The zero-order valence-corrected chi connectivity index (χ0v) is 17.2. The van der Waals surface area contributed by atoms with Gasteiger partial charge in [0.2, 0.25) is 11.8 Å². The van der Waals surface area contributed by atoms with Crippen molar-refractivity contribution < 1.29 is 27.9 Å². The van der Waals surface area contributed by atoms with Crippen molar-refractivity contribution >= 4 is 11.8 Å². The third kappa shape index (κ3) is 5.57. The molecule has 2 aromatic carbocycles. The van der Waals surface area contributed by atoms with Gasteiger partial charge in [0.25, 0.3) is 0 Å². The Morgan fingerprint density at radius 3 is 2.39 bits per heavy atom. The summed E-state index contributed by atoms with van der Waals surface area (Å²) in [4.78, 5) is 26.5. The predicted octanol–water partition coefficient (Wildman–Crippen LogP) is 4.07. The van der Waals surface area contributed by atoms with E-state index in [-0.39, 0.29) is 24.0 Å². The Balaban J connectivity index is 1.65. The van der Waals surface area contributed by atoms with Crippen LogP contribution in [-0.4, -0.2) is 35.4 Å². The first-order valence-corrected chi connectivity index (χ1v) is 10.2. The van der Waals surface area contributed by atoms with E-state index in [0.29, 0.717) is 24.9 Å². The van der Waals surface area contributed by atoms with Crippen LogP contribution in [0.3, 0.4) is 0 Å². The van der Waals surface area contributed by atoms with Crippen molar-refractivity contribution in [2.24, 2.45) is 5.92 Å². The second-order valence-electron chi connectivity index (χ2n) is 7.78. The van der Waals surface area contributed by atoms with Gasteiger partial charge in [-0.15, -0.1) is 0 Å². The van der Waals surface area contributed by atoms with Gasteiger partial charge in [0.1, 0.15) is 5.75 Å². The normalized spacial score (nSPS) is 19.4. The Morgan fingerprint density at radius 2 is 1.77 bits per heavy atom. The maximum Gasteiger partial charge on any atom is 0.416 e. The molecule has 0 bridgehead atoms. The van der Waals surface area contributed by atoms with Crippen LogP contribution in [0.5, 0.6) is 5.75 Å². The van der Waals surface area contributed by atoms with E-state index in [1.54, 1.807) is 19.2 Å². The number of hydrogen-bond donors (Lipinski definition) is 2. The molecule has 5 nitrogen and oxygen atoms in total. The van der Waals surface area contributed by atoms with Crippen LogP contribution in [0, 0.1) is 5.92 Å². The van der Waals surface area contributed by atoms with Crippen molar-refractivity contribution in [3.8, 4) is 5.75 Å². The zero-order valence-electron chi connectivity index (χ0n) is 17.2. The molecule has 3 rings (SSSR count). The van der Waals surface area contributed by atoms with Crippen molar-refractivity contribution in [2.75, 3.05) is 13.6 Å². The van der Waals surface area contributed by atoms with Gasteiger partial charge >= 0.3 is 6.18 Å². The lowest BCUT2D eigenvalue weighted by molar-refractivity contribution is -0.142. The maximum atomic E-state index is 12.9. The fourth-order valence-electron chi connectivity index (χ4n) is 3.94. The number of hydrogen-bond acceptors (Lipinski definition) is 3. The van der Waals surface area contributed by atoms with Crippen LogP contribution < -0.4 is 5.32 Å². The molecule has 2 aromatic rings. The van der Waals surface area contributed by atoms with E-state index in [0.717, 1.165) is 24.1 Å². The van der Waals surface area contributed by atoms with Gasteiger partial charge in [-0.1, -0.05) is 24.3 Å². The van der Waals surface area contributed by atoms with Crippen LogP contribution in [0.1, 0.15) is 42.0 Å². The smallest absolute Gasteiger partial charge is 0.416 e. The molecule has 2 amide bonds. The SMILES string of the molecule is CN1C(=O)CCC(C(=O)NCCCc2ccc(O)cc2)C1c1ccc(C(F)(F)F)cc1. The molecule has 0 aromatic heterocycles. The van der Waals surface area contributed by atoms with Crippen molar-refractivity contribution in [3.63, 3.8) is 0 Å². The monoisotopic (exact) mass is 434 g/mol. The predicted molar refractivity (Wildman–Crippen MR) is 109 cm³/mol. The molecule has 2 N–H and O–H groups in total. The summed E-state index contributed by atoms with van der Waals surface area (Å²) in [5.74, 6) is -0.688. The summed E-state index contributed by atoms with van der Waals surface area (Å²) in [7, 11) is 1.58. The number of carbonyl (C=O) groups excluding carboxylic acids is 2. The summed E-state index contributed by atoms with van der Waals surface area (Å²) in [5, 5.41) is 12.2. The van der Waals surface area contributed by atoms with Gasteiger partial charge in [0.15, 0.2) is 0 Å². The van der Waals surface area contributed by atoms with Crippen LogP contribution in [0.25, 0.3) is 0 Å². The molecule has 2 atom stereocenters. The van der Waals surface area contributed by atoms with Crippen molar-refractivity contribution in [2.45, 2.75) is 37.9 Å². The fourth-order valence-corrected chi connectivity index (χ4v) is 3.94. The van der Waals surface area contributed by atoms with Crippen LogP contribution in [0.2, 0.25) is 0 Å². The van der Waals surface area contributed by atoms with Crippen LogP contribution >= 0.6 is 0 Å². The number of rotatable bonds is 6. The molecule has 1 saturated heterocycles. The van der Waals surface area contributed by atoms with E-state index in [4.69, 9.17) is 0 Å². The molecular weight excluding hydrogens is 409 g/mol. The number of benzene rings is 2. The van der Waals surface area contributed by atoms with E-state index in [1.807, 2.05) is 12.1 Å². The number of amides is 2. The van der Waals surface area contributed by atoms with Gasteiger partial charge in [-0.25, -0.2) is 0 Å². The van der Waals surface area contributed by atoms with Crippen LogP contribution in [0.4, 0.5) is 13.2 Å². The number of likely N-dealkylation sites (tertiary alicyclic amines) is 1. The van der Waals surface area contributed by atoms with E-state index in [1.165, 1.54) is 17.0 Å². The highest BCUT2D eigenvalue weighted by Gasteiger charge is 2.39. The van der Waals surface area contributed by atoms with Crippen LogP contribution in [-0.2, 0) is 22.2 Å². The quantitative estimate of drug-likeness (QED) is 0.674. The zero-order chi connectivity index (χ0) is 22.6. The number of carbonyl (C=O) groups is 2. The Hall–Kier alpha value is -3.03. The third-order valence-corrected chi connectivity index (χ3v) is 5.66. The number of halogens is 3. The number of phenols is 1. The summed E-state index contributed by atoms with van der Waals surface area (Å²) in [6.07, 6.45) is -2.45. The highest BCUT2D eigenvalue weighted by molar-refractivity contribution is 5.84. The molecule has 0 spiro atoms. The maximum absolute atomic E-state index is 12.9. The minimum Gasteiger partial charge on any atom is -0.508 e. The summed E-state index contributed by atoms with van der Waals surface area (Å²) in [5.41, 5.74) is 0.779. The second kappa shape index (κ2) is 9.41. The topological polar surface area (TPSA) is 69.6 Å². The molecule has 2 unspecified atom stereocenters. The van der Waals surface area contributed by atoms with Gasteiger partial charge in [0.05, 0.1) is 17.5 Å². The van der Waals surface area contributed by atoms with E-state index >= 15 is 0 Å². The highest BCUT2D eigenvalue weighted by atomic mass is 19.4. The summed E-state index contributed by atoms with van der Waals surface area (Å²) < 4.78 is 38.6. The lowest BCUT2D eigenvalue weighted by atomic mass is 9.83. The Morgan fingerprint density at radius 1 is 1.13 bits per heavy atom. The first kappa shape index (κ1) is 22.7. The Bertz CT molecular complexity index is 911. The van der Waals surface area contributed by atoms with Gasteiger partial charge in [-0.2, -0.15) is 13.2 Å². The minimum atomic E-state index is -4.44. The highest BCUT2D eigenvalue weighted by Crippen LogP contribution is 2.37. The number of aromatic hydroxyl groups is 1. The van der Waals surface area contributed by atoms with E-state index in [2.05, 4.69) is 5.32 Å². The molecule has 1 heterocycles. The van der Waals surface area contributed by atoms with Crippen LogP contribution in [0.15, 0.2) is 48.5 Å². The molecule has 31 heavy (non-hydrogen) atoms. The summed E-state index contributed by atoms with van der Waals surface area (Å²) in [6.45, 7) is 0.438. The average molecular weight is 434 g/mol. The lowest BCUT2D eigenvalue weighted by Gasteiger charge is -2.38. The number of aryl methyl sites for hydroxylation is 1. The lowest BCUT2D eigenvalue weighted by Crippen LogP contribution is -2.46. The Kier molecular flexibility index (Phi) is 6.87.